The molecule has 0 aromatic heterocycles. The Morgan fingerprint density at radius 2 is 1.77 bits per heavy atom. The summed E-state index contributed by atoms with van der Waals surface area (Å²) in [4.78, 5) is 0. The zero-order valence-electron chi connectivity index (χ0n) is 20.5. The Kier molecular flexibility index (Phi) is 4.66. The number of fused-ring (bicyclic) bond motifs is 7. The van der Waals surface area contributed by atoms with Crippen molar-refractivity contribution in [2.75, 3.05) is 6.61 Å². The van der Waals surface area contributed by atoms with Crippen LogP contribution in [0.2, 0.25) is 0 Å². The lowest BCUT2D eigenvalue weighted by Crippen LogP contribution is -2.53. The molecule has 1 spiro atoms. The maximum atomic E-state index is 10.4. The molecule has 11 atom stereocenters. The molecule has 2 saturated heterocycles. The van der Waals surface area contributed by atoms with Crippen LogP contribution in [0.15, 0.2) is 11.1 Å². The van der Waals surface area contributed by atoms with Crippen molar-refractivity contribution < 1.29 is 14.6 Å². The fourth-order valence-electron chi connectivity index (χ4n) is 10.1. The zero-order valence-corrected chi connectivity index (χ0v) is 20.5. The van der Waals surface area contributed by atoms with Gasteiger partial charge in [-0.25, -0.2) is 0 Å². The van der Waals surface area contributed by atoms with E-state index in [-0.39, 0.29) is 11.9 Å². The standard InChI is InChI=1S/C28H44O3/c1-16-6-11-28(30-15-16)18(3)25-24(31-28)14-23-20-12-17(2)22-13-19(29)7-9-26(22,4)21(20)8-10-27(23,25)5/h16,18-21,23-25,29H,6-15H2,1-5H3/t16?,18-,19-,20?,21?,23?,24-,25?,26+,27-,28?/m0/s1. The second-order valence-corrected chi connectivity index (χ2v) is 13.2. The zero-order chi connectivity index (χ0) is 21.8. The lowest BCUT2D eigenvalue weighted by atomic mass is 9.46. The normalized spacial score (nSPS) is 58.6. The molecule has 3 nitrogen and oxygen atoms in total. The Morgan fingerprint density at radius 3 is 2.52 bits per heavy atom. The van der Waals surface area contributed by atoms with E-state index in [4.69, 9.17) is 9.47 Å². The predicted octanol–water partition coefficient (Wildman–Crippen LogP) is 6.10. The van der Waals surface area contributed by atoms with E-state index in [0.717, 1.165) is 43.6 Å². The van der Waals surface area contributed by atoms with E-state index in [2.05, 4.69) is 34.6 Å². The summed E-state index contributed by atoms with van der Waals surface area (Å²) in [6, 6.07) is 0. The number of ether oxygens (including phenoxy) is 2. The maximum absolute atomic E-state index is 10.4. The minimum Gasteiger partial charge on any atom is -0.393 e. The van der Waals surface area contributed by atoms with Gasteiger partial charge in [-0.15, -0.1) is 0 Å². The quantitative estimate of drug-likeness (QED) is 0.474. The molecule has 31 heavy (non-hydrogen) atoms. The molecule has 0 aromatic carbocycles. The van der Waals surface area contributed by atoms with E-state index >= 15 is 0 Å². The summed E-state index contributed by atoms with van der Waals surface area (Å²) in [7, 11) is 0. The predicted molar refractivity (Wildman–Crippen MR) is 122 cm³/mol. The molecule has 174 valence electrons. The Labute approximate surface area is 189 Å². The highest BCUT2D eigenvalue weighted by atomic mass is 16.7. The van der Waals surface area contributed by atoms with Crippen molar-refractivity contribution in [1.82, 2.24) is 0 Å². The van der Waals surface area contributed by atoms with E-state index in [1.165, 1.54) is 38.5 Å². The van der Waals surface area contributed by atoms with Gasteiger partial charge in [0.25, 0.3) is 0 Å². The molecule has 2 aliphatic heterocycles. The Bertz CT molecular complexity index is 779. The van der Waals surface area contributed by atoms with Crippen molar-refractivity contribution in [3.05, 3.63) is 11.1 Å². The van der Waals surface area contributed by atoms with Gasteiger partial charge in [0.1, 0.15) is 0 Å². The van der Waals surface area contributed by atoms with Crippen LogP contribution in [0.1, 0.15) is 92.4 Å². The van der Waals surface area contributed by atoms with Gasteiger partial charge >= 0.3 is 0 Å². The molecule has 3 heteroatoms. The third-order valence-electron chi connectivity index (χ3n) is 11.7. The number of rotatable bonds is 0. The van der Waals surface area contributed by atoms with E-state index in [9.17, 15) is 5.11 Å². The second kappa shape index (κ2) is 6.83. The molecule has 0 aromatic rings. The largest absolute Gasteiger partial charge is 0.393 e. The molecule has 0 bridgehead atoms. The van der Waals surface area contributed by atoms with Gasteiger partial charge in [-0.3, -0.25) is 0 Å². The van der Waals surface area contributed by atoms with Crippen LogP contribution in [0.25, 0.3) is 0 Å². The summed E-state index contributed by atoms with van der Waals surface area (Å²) in [5, 5.41) is 10.4. The molecule has 4 aliphatic carbocycles. The van der Waals surface area contributed by atoms with Crippen molar-refractivity contribution in [2.45, 2.75) is 110 Å². The first-order valence-corrected chi connectivity index (χ1v) is 13.4. The summed E-state index contributed by atoms with van der Waals surface area (Å²) in [6.07, 6.45) is 10.9. The number of allylic oxidation sites excluding steroid dienone is 1. The first kappa shape index (κ1) is 21.2. The van der Waals surface area contributed by atoms with Crippen LogP contribution in [0.5, 0.6) is 0 Å². The summed E-state index contributed by atoms with van der Waals surface area (Å²) in [6.45, 7) is 13.2. The van der Waals surface area contributed by atoms with Crippen molar-refractivity contribution in [3.63, 3.8) is 0 Å². The van der Waals surface area contributed by atoms with Gasteiger partial charge in [0.2, 0.25) is 0 Å². The Hall–Kier alpha value is -0.380. The van der Waals surface area contributed by atoms with Gasteiger partial charge < -0.3 is 14.6 Å². The van der Waals surface area contributed by atoms with Gasteiger partial charge in [-0.2, -0.15) is 0 Å². The highest BCUT2D eigenvalue weighted by molar-refractivity contribution is 5.31. The van der Waals surface area contributed by atoms with Crippen LogP contribution >= 0.6 is 0 Å². The van der Waals surface area contributed by atoms with Gasteiger partial charge in [0.15, 0.2) is 5.79 Å². The SMILES string of the molecule is CC1=C2C[C@@H](O)CC[C@]2(C)C2CC[C@@]3(C)C(C[C@@H]4OC5(CCC(C)CO5)[C@@H](C)C43)C2C1. The molecule has 6 aliphatic rings. The van der Waals surface area contributed by atoms with Crippen LogP contribution in [0, 0.1) is 46.3 Å². The van der Waals surface area contributed by atoms with E-state index in [0.29, 0.717) is 34.7 Å². The molecule has 5 fully saturated rings. The molecule has 6 rings (SSSR count). The summed E-state index contributed by atoms with van der Waals surface area (Å²) < 4.78 is 13.4. The van der Waals surface area contributed by atoms with Crippen LogP contribution in [0.3, 0.4) is 0 Å². The third-order valence-corrected chi connectivity index (χ3v) is 11.7. The molecule has 0 amide bonds. The number of aliphatic hydroxyl groups excluding tert-OH is 1. The molecule has 2 heterocycles. The highest BCUT2D eigenvalue weighted by Crippen LogP contribution is 2.71. The fourth-order valence-corrected chi connectivity index (χ4v) is 10.1. The fraction of sp³-hybridized carbons (Fsp3) is 0.929. The number of hydrogen-bond donors (Lipinski definition) is 1. The lowest BCUT2D eigenvalue weighted by Gasteiger charge is -2.59. The maximum Gasteiger partial charge on any atom is 0.171 e. The second-order valence-electron chi connectivity index (χ2n) is 13.2. The lowest BCUT2D eigenvalue weighted by molar-refractivity contribution is -0.272. The van der Waals surface area contributed by atoms with Crippen molar-refractivity contribution in [3.8, 4) is 0 Å². The molecule has 0 radical (unpaired) electrons. The minimum atomic E-state index is -0.298. The molecular formula is C28H44O3. The third kappa shape index (κ3) is 2.75. The van der Waals surface area contributed by atoms with Crippen molar-refractivity contribution in [2.24, 2.45) is 46.3 Å². The van der Waals surface area contributed by atoms with Gasteiger partial charge in [0.05, 0.1) is 18.8 Å². The topological polar surface area (TPSA) is 38.7 Å². The van der Waals surface area contributed by atoms with E-state index in [1.807, 2.05) is 0 Å². The first-order chi connectivity index (χ1) is 14.7. The molecular weight excluding hydrogens is 384 g/mol. The van der Waals surface area contributed by atoms with Gasteiger partial charge in [-0.1, -0.05) is 38.8 Å². The Morgan fingerprint density at radius 1 is 0.968 bits per heavy atom. The highest BCUT2D eigenvalue weighted by Gasteiger charge is 2.68. The molecule has 3 saturated carbocycles. The van der Waals surface area contributed by atoms with E-state index < -0.39 is 0 Å². The monoisotopic (exact) mass is 428 g/mol. The molecule has 1 N–H and O–H groups in total. The number of hydrogen-bond acceptors (Lipinski definition) is 3. The first-order valence-electron chi connectivity index (χ1n) is 13.4. The minimum absolute atomic E-state index is 0.113. The summed E-state index contributed by atoms with van der Waals surface area (Å²) in [5.41, 5.74) is 3.95. The average Bonchev–Trinajstić information content (AvgIpc) is 3.17. The summed E-state index contributed by atoms with van der Waals surface area (Å²) in [5.74, 6) is 3.91. The van der Waals surface area contributed by atoms with Gasteiger partial charge in [-0.05, 0) is 98.7 Å². The van der Waals surface area contributed by atoms with Crippen molar-refractivity contribution in [1.29, 1.82) is 0 Å². The average molecular weight is 429 g/mol. The van der Waals surface area contributed by atoms with E-state index in [1.54, 1.807) is 11.1 Å². The van der Waals surface area contributed by atoms with Crippen LogP contribution < -0.4 is 0 Å². The smallest absolute Gasteiger partial charge is 0.171 e. The van der Waals surface area contributed by atoms with Crippen LogP contribution in [-0.4, -0.2) is 29.7 Å². The summed E-state index contributed by atoms with van der Waals surface area (Å²) >= 11 is 0. The van der Waals surface area contributed by atoms with Crippen LogP contribution in [0.4, 0.5) is 0 Å². The number of aliphatic hydroxyl groups is 1. The Balaban J connectivity index is 1.30. The van der Waals surface area contributed by atoms with Crippen LogP contribution in [-0.2, 0) is 9.47 Å². The molecule has 6 unspecified atom stereocenters. The van der Waals surface area contributed by atoms with Gasteiger partial charge in [0, 0.05) is 12.3 Å². The van der Waals surface area contributed by atoms with Crippen molar-refractivity contribution >= 4 is 0 Å².